The van der Waals surface area contributed by atoms with E-state index in [-0.39, 0.29) is 5.92 Å². The Morgan fingerprint density at radius 3 is 2.26 bits per heavy atom. The van der Waals surface area contributed by atoms with E-state index in [9.17, 15) is 4.79 Å². The number of piperidine rings is 2. The number of carbonyl (C=O) groups is 1. The van der Waals surface area contributed by atoms with Crippen molar-refractivity contribution in [3.63, 3.8) is 0 Å². The van der Waals surface area contributed by atoms with Crippen molar-refractivity contribution in [1.29, 1.82) is 0 Å². The van der Waals surface area contributed by atoms with Gasteiger partial charge in [-0.25, -0.2) is 0 Å². The normalized spacial score (nSPS) is 18.6. The van der Waals surface area contributed by atoms with Gasteiger partial charge in [-0.1, -0.05) is 19.9 Å². The maximum atomic E-state index is 13.1. The second-order valence-electron chi connectivity index (χ2n) is 11.2. The quantitative estimate of drug-likeness (QED) is 0.505. The van der Waals surface area contributed by atoms with E-state index in [0.29, 0.717) is 17.7 Å². The zero-order chi connectivity index (χ0) is 24.7. The zero-order valence-corrected chi connectivity index (χ0v) is 22.0. The van der Waals surface area contributed by atoms with Crippen LogP contribution in [0.3, 0.4) is 0 Å². The Bertz CT molecular complexity index is 1190. The number of aromatic amines is 1. The number of nitrogens with zero attached hydrogens (tertiary/aromatic N) is 3. The summed E-state index contributed by atoms with van der Waals surface area (Å²) in [5.74, 6) is 1.56. The van der Waals surface area contributed by atoms with Crippen LogP contribution in [-0.2, 0) is 4.79 Å². The maximum Gasteiger partial charge on any atom is 0.225 e. The van der Waals surface area contributed by atoms with E-state index in [0.717, 1.165) is 63.3 Å². The number of hydrogen-bond donors (Lipinski definition) is 1. The third-order valence-corrected chi connectivity index (χ3v) is 8.16. The highest BCUT2D eigenvalue weighted by Crippen LogP contribution is 2.38. The summed E-state index contributed by atoms with van der Waals surface area (Å²) < 4.78 is 0. The van der Waals surface area contributed by atoms with Crippen LogP contribution in [0, 0.1) is 19.8 Å². The van der Waals surface area contributed by atoms with Crippen molar-refractivity contribution in [3.05, 3.63) is 52.8 Å². The summed E-state index contributed by atoms with van der Waals surface area (Å²) >= 11 is 0. The minimum absolute atomic E-state index is 0.228. The molecule has 0 radical (unpaired) electrons. The van der Waals surface area contributed by atoms with Crippen molar-refractivity contribution in [3.8, 4) is 11.3 Å². The Balaban J connectivity index is 1.36. The number of aryl methyl sites for hydroxylation is 2. The lowest BCUT2D eigenvalue weighted by molar-refractivity contribution is -0.138. The lowest BCUT2D eigenvalue weighted by atomic mass is 9.86. The Morgan fingerprint density at radius 2 is 1.63 bits per heavy atom. The van der Waals surface area contributed by atoms with Gasteiger partial charge in [0.1, 0.15) is 0 Å². The van der Waals surface area contributed by atoms with E-state index in [1.54, 1.807) is 0 Å². The van der Waals surface area contributed by atoms with Crippen LogP contribution < -0.4 is 0 Å². The summed E-state index contributed by atoms with van der Waals surface area (Å²) in [6.45, 7) is 12.6. The van der Waals surface area contributed by atoms with Crippen molar-refractivity contribution < 1.29 is 4.79 Å². The third-order valence-electron chi connectivity index (χ3n) is 8.16. The fourth-order valence-electron chi connectivity index (χ4n) is 6.24. The lowest BCUT2D eigenvalue weighted by Crippen LogP contribution is -2.44. The topological polar surface area (TPSA) is 52.2 Å². The van der Waals surface area contributed by atoms with Crippen LogP contribution in [0.5, 0.6) is 0 Å². The first-order valence-corrected chi connectivity index (χ1v) is 13.4. The van der Waals surface area contributed by atoms with E-state index >= 15 is 0 Å². The molecule has 186 valence electrons. The summed E-state index contributed by atoms with van der Waals surface area (Å²) in [4.78, 5) is 25.9. The van der Waals surface area contributed by atoms with Crippen LogP contribution in [-0.4, -0.2) is 58.9 Å². The number of carbonyl (C=O) groups excluding carboxylic acids is 1. The standard InChI is InChI=1S/C30H40N4O/c1-19(2)28-26-18-24(6-7-27(26)32-29(28)25-16-20(3)31-21(4)17-25)22-10-14-34(15-11-22)30(35)23-8-12-33(5)13-9-23/h6-7,16-19,22-23,32H,8-15H2,1-5H3. The van der Waals surface area contributed by atoms with Crippen molar-refractivity contribution in [2.75, 3.05) is 33.2 Å². The molecule has 2 fully saturated rings. The van der Waals surface area contributed by atoms with E-state index in [1.165, 1.54) is 33.3 Å². The fourth-order valence-corrected chi connectivity index (χ4v) is 6.24. The maximum absolute atomic E-state index is 13.1. The Kier molecular flexibility index (Phi) is 6.71. The molecule has 1 aromatic carbocycles. The summed E-state index contributed by atoms with van der Waals surface area (Å²) in [6.07, 6.45) is 4.13. The van der Waals surface area contributed by atoms with Crippen molar-refractivity contribution in [1.82, 2.24) is 19.8 Å². The first kappa shape index (κ1) is 24.1. The summed E-state index contributed by atoms with van der Waals surface area (Å²) in [6, 6.07) is 11.3. The molecule has 2 aliphatic heterocycles. The molecule has 0 saturated carbocycles. The van der Waals surface area contributed by atoms with Crippen molar-refractivity contribution in [2.45, 2.75) is 65.2 Å². The van der Waals surface area contributed by atoms with Gasteiger partial charge in [-0.05, 0) is 107 Å². The largest absolute Gasteiger partial charge is 0.354 e. The SMILES string of the molecule is Cc1cc(-c2[nH]c3ccc(C4CCN(C(=O)C5CCN(C)CC5)CC4)cc3c2C(C)C)cc(C)n1. The number of hydrogen-bond acceptors (Lipinski definition) is 3. The molecule has 0 unspecified atom stereocenters. The highest BCUT2D eigenvalue weighted by atomic mass is 16.2. The molecule has 35 heavy (non-hydrogen) atoms. The fraction of sp³-hybridized carbons (Fsp3) is 0.533. The summed E-state index contributed by atoms with van der Waals surface area (Å²) in [7, 11) is 2.15. The van der Waals surface area contributed by atoms with E-state index in [2.05, 4.69) is 84.8 Å². The monoisotopic (exact) mass is 472 g/mol. The van der Waals surface area contributed by atoms with E-state index < -0.39 is 0 Å². The van der Waals surface area contributed by atoms with Gasteiger partial charge < -0.3 is 14.8 Å². The number of pyridine rings is 1. The first-order valence-electron chi connectivity index (χ1n) is 13.4. The molecule has 0 bridgehead atoms. The first-order chi connectivity index (χ1) is 16.8. The van der Waals surface area contributed by atoms with Crippen LogP contribution in [0.1, 0.15) is 73.9 Å². The van der Waals surface area contributed by atoms with Gasteiger partial charge >= 0.3 is 0 Å². The predicted molar refractivity (Wildman–Crippen MR) is 144 cm³/mol. The second kappa shape index (κ2) is 9.77. The van der Waals surface area contributed by atoms with E-state index in [1.807, 2.05) is 0 Å². The van der Waals surface area contributed by atoms with Crippen molar-refractivity contribution in [2.24, 2.45) is 5.92 Å². The molecule has 1 N–H and O–H groups in total. The van der Waals surface area contributed by atoms with E-state index in [4.69, 9.17) is 0 Å². The number of H-pyrrole nitrogens is 1. The number of amides is 1. The highest BCUT2D eigenvalue weighted by molar-refractivity contribution is 5.92. The molecule has 5 heteroatoms. The number of benzene rings is 1. The molecule has 2 aliphatic rings. The average molecular weight is 473 g/mol. The lowest BCUT2D eigenvalue weighted by Gasteiger charge is -2.36. The molecule has 3 aromatic rings. The predicted octanol–water partition coefficient (Wildman–Crippen LogP) is 6.02. The van der Waals surface area contributed by atoms with Gasteiger partial charge in [-0.15, -0.1) is 0 Å². The smallest absolute Gasteiger partial charge is 0.225 e. The molecular formula is C30H40N4O. The average Bonchev–Trinajstić information content (AvgIpc) is 3.23. The number of nitrogens with one attached hydrogen (secondary N) is 1. The van der Waals surface area contributed by atoms with Crippen LogP contribution in [0.4, 0.5) is 0 Å². The minimum Gasteiger partial charge on any atom is -0.354 e. The molecule has 4 heterocycles. The van der Waals surface area contributed by atoms with Gasteiger partial charge in [0.15, 0.2) is 0 Å². The molecular weight excluding hydrogens is 432 g/mol. The second-order valence-corrected chi connectivity index (χ2v) is 11.2. The van der Waals surface area contributed by atoms with Crippen LogP contribution in [0.2, 0.25) is 0 Å². The molecule has 5 rings (SSSR count). The van der Waals surface area contributed by atoms with Crippen LogP contribution >= 0.6 is 0 Å². The zero-order valence-electron chi connectivity index (χ0n) is 22.0. The van der Waals surface area contributed by atoms with Gasteiger partial charge in [-0.3, -0.25) is 9.78 Å². The Morgan fingerprint density at radius 1 is 0.971 bits per heavy atom. The molecule has 1 amide bonds. The van der Waals surface area contributed by atoms with Gasteiger partial charge in [0, 0.05) is 46.9 Å². The molecule has 0 aliphatic carbocycles. The Hall–Kier alpha value is -2.66. The van der Waals surface area contributed by atoms with Crippen LogP contribution in [0.25, 0.3) is 22.2 Å². The summed E-state index contributed by atoms with van der Waals surface area (Å²) in [5, 5.41) is 1.34. The number of aromatic nitrogens is 2. The molecule has 0 spiro atoms. The van der Waals surface area contributed by atoms with Gasteiger partial charge in [-0.2, -0.15) is 0 Å². The van der Waals surface area contributed by atoms with Gasteiger partial charge in [0.2, 0.25) is 5.91 Å². The highest BCUT2D eigenvalue weighted by Gasteiger charge is 2.30. The summed E-state index contributed by atoms with van der Waals surface area (Å²) in [5.41, 5.74) is 8.55. The third kappa shape index (κ3) is 4.88. The minimum atomic E-state index is 0.228. The van der Waals surface area contributed by atoms with Crippen molar-refractivity contribution >= 4 is 16.8 Å². The number of rotatable bonds is 4. The van der Waals surface area contributed by atoms with Gasteiger partial charge in [0.05, 0.1) is 5.69 Å². The van der Waals surface area contributed by atoms with Crippen LogP contribution in [0.15, 0.2) is 30.3 Å². The van der Waals surface area contributed by atoms with Gasteiger partial charge in [0.25, 0.3) is 0 Å². The number of likely N-dealkylation sites (tertiary alicyclic amines) is 2. The molecule has 0 atom stereocenters. The Labute approximate surface area is 209 Å². The molecule has 2 aromatic heterocycles. The number of fused-ring (bicyclic) bond motifs is 1. The molecule has 2 saturated heterocycles. The molecule has 5 nitrogen and oxygen atoms in total.